The zero-order valence-corrected chi connectivity index (χ0v) is 21.7. The van der Waals surface area contributed by atoms with E-state index in [1.54, 1.807) is 18.4 Å². The van der Waals surface area contributed by atoms with E-state index >= 15 is 0 Å². The summed E-state index contributed by atoms with van der Waals surface area (Å²) in [7, 11) is 0. The number of aryl methyl sites for hydroxylation is 1. The van der Waals surface area contributed by atoms with E-state index in [4.69, 9.17) is 4.74 Å². The van der Waals surface area contributed by atoms with Crippen LogP contribution in [-0.2, 0) is 20.7 Å². The number of benzene rings is 2. The van der Waals surface area contributed by atoms with Gasteiger partial charge in [0.05, 0.1) is 0 Å². The van der Waals surface area contributed by atoms with Gasteiger partial charge < -0.3 is 19.9 Å². The molecule has 0 atom stereocenters. The summed E-state index contributed by atoms with van der Waals surface area (Å²) in [6.45, 7) is 3.86. The van der Waals surface area contributed by atoms with E-state index in [2.05, 4.69) is 39.4 Å². The van der Waals surface area contributed by atoms with Crippen LogP contribution in [0, 0.1) is 0 Å². The highest BCUT2D eigenvalue weighted by molar-refractivity contribution is 5.93. The lowest BCUT2D eigenvalue weighted by Crippen LogP contribution is -2.37. The Morgan fingerprint density at radius 1 is 1.00 bits per heavy atom. The van der Waals surface area contributed by atoms with E-state index in [1.165, 1.54) is 11.1 Å². The molecule has 3 aliphatic rings. The molecule has 2 aromatic carbocycles. The molecule has 1 N–H and O–H groups in total. The number of allylic oxidation sites excluding steroid dienone is 4. The number of likely N-dealkylation sites (tertiary alicyclic amines) is 1. The zero-order valence-electron chi connectivity index (χ0n) is 21.7. The molecule has 0 bridgehead atoms. The lowest BCUT2D eigenvalue weighted by Gasteiger charge is -2.34. The molecule has 6 heteroatoms. The second-order valence-corrected chi connectivity index (χ2v) is 10.1. The van der Waals surface area contributed by atoms with E-state index in [0.717, 1.165) is 62.5 Å². The average molecular weight is 510 g/mol. The number of carbonyl (C=O) groups excluding carboxylic acids is 2. The van der Waals surface area contributed by atoms with Gasteiger partial charge in [0, 0.05) is 49.6 Å². The Labute approximate surface area is 225 Å². The van der Waals surface area contributed by atoms with Crippen molar-refractivity contribution >= 4 is 17.4 Å². The second kappa shape index (κ2) is 12.6. The molecule has 0 unspecified atom stereocenters. The van der Waals surface area contributed by atoms with Crippen LogP contribution in [0.25, 0.3) is 0 Å². The van der Waals surface area contributed by atoms with Crippen molar-refractivity contribution in [1.82, 2.24) is 9.80 Å². The molecule has 1 aliphatic carbocycles. The standard InChI is InChI=1S/C32H35N3O3/c36-28-10-6-9-27(23-28)31-24-35(21-22-38-31)20-19-34-17-15-26(16-18-34)29-11-4-5-12-30(29)33-32(37)14-13-25-7-2-1-3-8-25/h1-12,21-22,24,26H,13-20,23H2,(H,33,37). The number of nitrogens with zero attached hydrogens (tertiary/aromatic N) is 2. The lowest BCUT2D eigenvalue weighted by atomic mass is 9.88. The summed E-state index contributed by atoms with van der Waals surface area (Å²) in [5.41, 5.74) is 4.29. The molecule has 2 aromatic rings. The predicted octanol–water partition coefficient (Wildman–Crippen LogP) is 5.54. The number of hydrogen-bond acceptors (Lipinski definition) is 5. The van der Waals surface area contributed by atoms with Gasteiger partial charge in [-0.2, -0.15) is 0 Å². The number of hydrogen-bond donors (Lipinski definition) is 1. The first kappa shape index (κ1) is 25.7. The SMILES string of the molecule is O=C1C=CC=C(C2=CN(CCN3CCC(c4ccccc4NC(=O)CCc4ccccc4)CC3)C=CO2)C1. The summed E-state index contributed by atoms with van der Waals surface area (Å²) >= 11 is 0. The monoisotopic (exact) mass is 509 g/mol. The van der Waals surface area contributed by atoms with E-state index < -0.39 is 0 Å². The molecule has 1 amide bonds. The van der Waals surface area contributed by atoms with Gasteiger partial charge in [-0.1, -0.05) is 60.7 Å². The molecule has 1 fully saturated rings. The van der Waals surface area contributed by atoms with Crippen molar-refractivity contribution in [3.8, 4) is 0 Å². The number of piperidine rings is 1. The fourth-order valence-electron chi connectivity index (χ4n) is 5.26. The van der Waals surface area contributed by atoms with Crippen LogP contribution in [-0.4, -0.2) is 47.7 Å². The normalized spacial score (nSPS) is 18.1. The predicted molar refractivity (Wildman–Crippen MR) is 150 cm³/mol. The molecule has 2 aliphatic heterocycles. The number of ether oxygens (including phenoxy) is 1. The van der Waals surface area contributed by atoms with Crippen LogP contribution in [0.1, 0.15) is 42.7 Å². The van der Waals surface area contributed by atoms with Gasteiger partial charge >= 0.3 is 0 Å². The summed E-state index contributed by atoms with van der Waals surface area (Å²) in [4.78, 5) is 29.1. The summed E-state index contributed by atoms with van der Waals surface area (Å²) in [5, 5.41) is 3.18. The van der Waals surface area contributed by atoms with Crippen LogP contribution < -0.4 is 5.32 Å². The van der Waals surface area contributed by atoms with Crippen molar-refractivity contribution in [1.29, 1.82) is 0 Å². The fourth-order valence-corrected chi connectivity index (χ4v) is 5.26. The molecular weight excluding hydrogens is 474 g/mol. The van der Waals surface area contributed by atoms with E-state index in [9.17, 15) is 9.59 Å². The first-order valence-corrected chi connectivity index (χ1v) is 13.5. The number of anilines is 1. The Bertz CT molecular complexity index is 1250. The van der Waals surface area contributed by atoms with Gasteiger partial charge in [0.15, 0.2) is 5.78 Å². The highest BCUT2D eigenvalue weighted by Gasteiger charge is 2.23. The van der Waals surface area contributed by atoms with Crippen molar-refractivity contribution in [3.05, 3.63) is 114 Å². The van der Waals surface area contributed by atoms with Gasteiger partial charge in [0.2, 0.25) is 5.91 Å². The van der Waals surface area contributed by atoms with Gasteiger partial charge in [-0.25, -0.2) is 0 Å². The Morgan fingerprint density at radius 2 is 1.79 bits per heavy atom. The molecule has 0 saturated carbocycles. The molecule has 2 heterocycles. The minimum Gasteiger partial charge on any atom is -0.462 e. The Kier molecular flexibility index (Phi) is 8.51. The summed E-state index contributed by atoms with van der Waals surface area (Å²) in [6.07, 6.45) is 14.7. The topological polar surface area (TPSA) is 61.9 Å². The van der Waals surface area contributed by atoms with Crippen molar-refractivity contribution in [2.24, 2.45) is 0 Å². The van der Waals surface area contributed by atoms with Crippen LogP contribution >= 0.6 is 0 Å². The molecular formula is C32H35N3O3. The van der Waals surface area contributed by atoms with E-state index in [0.29, 0.717) is 18.8 Å². The minimum absolute atomic E-state index is 0.0640. The molecule has 0 aromatic heterocycles. The highest BCUT2D eigenvalue weighted by Crippen LogP contribution is 2.33. The Morgan fingerprint density at radius 3 is 2.61 bits per heavy atom. The molecule has 0 spiro atoms. The van der Waals surface area contributed by atoms with Crippen molar-refractivity contribution < 1.29 is 14.3 Å². The van der Waals surface area contributed by atoms with Gasteiger partial charge in [-0.3, -0.25) is 9.59 Å². The number of para-hydroxylation sites is 1. The van der Waals surface area contributed by atoms with Crippen LogP contribution in [0.2, 0.25) is 0 Å². The first-order valence-electron chi connectivity index (χ1n) is 13.5. The van der Waals surface area contributed by atoms with Gasteiger partial charge in [0.25, 0.3) is 0 Å². The summed E-state index contributed by atoms with van der Waals surface area (Å²) < 4.78 is 5.67. The number of nitrogens with one attached hydrogen (secondary N) is 1. The zero-order chi connectivity index (χ0) is 26.2. The second-order valence-electron chi connectivity index (χ2n) is 10.1. The largest absolute Gasteiger partial charge is 0.462 e. The number of amides is 1. The molecule has 5 rings (SSSR count). The van der Waals surface area contributed by atoms with Crippen LogP contribution in [0.4, 0.5) is 5.69 Å². The summed E-state index contributed by atoms with van der Waals surface area (Å²) in [5.74, 6) is 1.35. The number of rotatable bonds is 9. The molecule has 0 radical (unpaired) electrons. The maximum Gasteiger partial charge on any atom is 0.224 e. The average Bonchev–Trinajstić information content (AvgIpc) is 2.96. The maximum atomic E-state index is 12.7. The third-order valence-electron chi connectivity index (χ3n) is 7.41. The fraction of sp³-hybridized carbons (Fsp3) is 0.312. The third-order valence-corrected chi connectivity index (χ3v) is 7.41. The lowest BCUT2D eigenvalue weighted by molar-refractivity contribution is -0.116. The smallest absolute Gasteiger partial charge is 0.224 e. The van der Waals surface area contributed by atoms with Crippen molar-refractivity contribution in [3.63, 3.8) is 0 Å². The number of carbonyl (C=O) groups is 2. The van der Waals surface area contributed by atoms with E-state index in [-0.39, 0.29) is 11.7 Å². The Balaban J connectivity index is 1.10. The van der Waals surface area contributed by atoms with Gasteiger partial charge in [0.1, 0.15) is 12.0 Å². The number of ketones is 1. The molecule has 1 saturated heterocycles. The molecule has 38 heavy (non-hydrogen) atoms. The first-order chi connectivity index (χ1) is 18.6. The van der Waals surface area contributed by atoms with Crippen LogP contribution in [0.15, 0.2) is 103 Å². The highest BCUT2D eigenvalue weighted by atomic mass is 16.5. The van der Waals surface area contributed by atoms with Crippen molar-refractivity contribution in [2.75, 3.05) is 31.5 Å². The Hall–Kier alpha value is -3.90. The minimum atomic E-state index is 0.0640. The van der Waals surface area contributed by atoms with Crippen LogP contribution in [0.3, 0.4) is 0 Å². The molecule has 6 nitrogen and oxygen atoms in total. The third kappa shape index (κ3) is 6.90. The van der Waals surface area contributed by atoms with Crippen molar-refractivity contribution in [2.45, 2.75) is 38.0 Å². The summed E-state index contributed by atoms with van der Waals surface area (Å²) in [6, 6.07) is 18.4. The van der Waals surface area contributed by atoms with Gasteiger partial charge in [-0.05, 0) is 61.5 Å². The van der Waals surface area contributed by atoms with Gasteiger partial charge in [-0.15, -0.1) is 0 Å². The maximum absolute atomic E-state index is 12.7. The van der Waals surface area contributed by atoms with Crippen LogP contribution in [0.5, 0.6) is 0 Å². The quantitative estimate of drug-likeness (QED) is 0.481. The molecule has 196 valence electrons. The van der Waals surface area contributed by atoms with E-state index in [1.807, 2.05) is 48.8 Å².